The third kappa shape index (κ3) is 2.20. The molecule has 4 bridgehead atoms. The Labute approximate surface area is 128 Å². The third-order valence-corrected chi connectivity index (χ3v) is 6.11. The van der Waals surface area contributed by atoms with E-state index in [9.17, 15) is 4.79 Å². The second kappa shape index (κ2) is 4.87. The zero-order valence-electron chi connectivity index (χ0n) is 11.5. The quantitative estimate of drug-likeness (QED) is 0.850. The standard InChI is InChI=1S/C17H20BrNO/c18-14-2-1-3-15(9-14)19-17(20)16-12-5-10-4-11(7-12)8-13(16)6-10/h1-3,9-13,16H,4-8H2,(H,19,20). The maximum atomic E-state index is 12.7. The summed E-state index contributed by atoms with van der Waals surface area (Å²) in [5.74, 6) is 3.68. The van der Waals surface area contributed by atoms with Gasteiger partial charge in [0.25, 0.3) is 0 Å². The summed E-state index contributed by atoms with van der Waals surface area (Å²) in [5, 5.41) is 3.14. The van der Waals surface area contributed by atoms with Crippen molar-refractivity contribution in [1.29, 1.82) is 0 Å². The molecule has 4 saturated carbocycles. The number of rotatable bonds is 2. The minimum Gasteiger partial charge on any atom is -0.326 e. The van der Waals surface area contributed by atoms with Crippen LogP contribution >= 0.6 is 15.9 Å². The van der Waals surface area contributed by atoms with E-state index in [1.165, 1.54) is 32.1 Å². The van der Waals surface area contributed by atoms with Gasteiger partial charge >= 0.3 is 0 Å². The molecular formula is C17H20BrNO. The second-order valence-electron chi connectivity index (χ2n) is 6.96. The van der Waals surface area contributed by atoms with Gasteiger partial charge in [0.05, 0.1) is 0 Å². The lowest BCUT2D eigenvalue weighted by Gasteiger charge is -2.53. The highest BCUT2D eigenvalue weighted by molar-refractivity contribution is 9.10. The molecule has 4 fully saturated rings. The normalized spacial score (nSPS) is 38.0. The van der Waals surface area contributed by atoms with E-state index in [-0.39, 0.29) is 11.8 Å². The molecule has 20 heavy (non-hydrogen) atoms. The maximum Gasteiger partial charge on any atom is 0.228 e. The Bertz CT molecular complexity index is 514. The summed E-state index contributed by atoms with van der Waals surface area (Å²) in [5.41, 5.74) is 0.915. The van der Waals surface area contributed by atoms with Gasteiger partial charge in [-0.2, -0.15) is 0 Å². The van der Waals surface area contributed by atoms with Crippen molar-refractivity contribution in [2.45, 2.75) is 32.1 Å². The number of halogens is 1. The van der Waals surface area contributed by atoms with Crippen molar-refractivity contribution in [3.05, 3.63) is 28.7 Å². The Kier molecular flexibility index (Phi) is 3.13. The first-order valence-electron chi connectivity index (χ1n) is 7.75. The minimum absolute atomic E-state index is 0.261. The van der Waals surface area contributed by atoms with Gasteiger partial charge in [0, 0.05) is 16.1 Å². The highest BCUT2D eigenvalue weighted by Gasteiger charge is 2.50. The topological polar surface area (TPSA) is 29.1 Å². The van der Waals surface area contributed by atoms with Crippen LogP contribution in [-0.2, 0) is 4.79 Å². The van der Waals surface area contributed by atoms with Crippen molar-refractivity contribution < 1.29 is 4.79 Å². The summed E-state index contributed by atoms with van der Waals surface area (Å²) in [6, 6.07) is 7.90. The highest BCUT2D eigenvalue weighted by atomic mass is 79.9. The first-order chi connectivity index (χ1) is 9.69. The molecule has 0 radical (unpaired) electrons. The first-order valence-corrected chi connectivity index (χ1v) is 8.55. The molecule has 4 aliphatic rings. The van der Waals surface area contributed by atoms with Crippen LogP contribution in [0.5, 0.6) is 0 Å². The van der Waals surface area contributed by atoms with Gasteiger partial charge in [0.15, 0.2) is 0 Å². The molecule has 0 atom stereocenters. The van der Waals surface area contributed by atoms with E-state index < -0.39 is 0 Å². The predicted molar refractivity (Wildman–Crippen MR) is 83.3 cm³/mol. The molecular weight excluding hydrogens is 314 g/mol. The van der Waals surface area contributed by atoms with E-state index in [1.54, 1.807) is 0 Å². The van der Waals surface area contributed by atoms with E-state index in [0.717, 1.165) is 22.0 Å². The molecule has 0 unspecified atom stereocenters. The van der Waals surface area contributed by atoms with Gasteiger partial charge in [-0.15, -0.1) is 0 Å². The fourth-order valence-corrected chi connectivity index (χ4v) is 5.54. The summed E-state index contributed by atoms with van der Waals surface area (Å²) in [7, 11) is 0. The number of hydrogen-bond acceptors (Lipinski definition) is 1. The van der Waals surface area contributed by atoms with Crippen molar-refractivity contribution in [3.63, 3.8) is 0 Å². The van der Waals surface area contributed by atoms with Crippen LogP contribution in [0.25, 0.3) is 0 Å². The van der Waals surface area contributed by atoms with E-state index in [2.05, 4.69) is 21.2 Å². The molecule has 1 aromatic rings. The van der Waals surface area contributed by atoms with Gasteiger partial charge < -0.3 is 5.32 Å². The Hall–Kier alpha value is -0.830. The summed E-state index contributed by atoms with van der Waals surface area (Å²) < 4.78 is 1.01. The number of benzene rings is 1. The number of nitrogens with one attached hydrogen (secondary N) is 1. The molecule has 0 saturated heterocycles. The molecule has 1 N–H and O–H groups in total. The number of carbonyl (C=O) groups is 1. The molecule has 0 aromatic heterocycles. The first kappa shape index (κ1) is 12.9. The monoisotopic (exact) mass is 333 g/mol. The van der Waals surface area contributed by atoms with E-state index in [4.69, 9.17) is 0 Å². The summed E-state index contributed by atoms with van der Waals surface area (Å²) in [6.07, 6.45) is 6.62. The molecule has 2 nitrogen and oxygen atoms in total. The van der Waals surface area contributed by atoms with E-state index in [1.807, 2.05) is 24.3 Å². The van der Waals surface area contributed by atoms with Gasteiger partial charge in [-0.25, -0.2) is 0 Å². The van der Waals surface area contributed by atoms with Crippen molar-refractivity contribution in [1.82, 2.24) is 0 Å². The molecule has 1 aromatic carbocycles. The summed E-state index contributed by atoms with van der Waals surface area (Å²) >= 11 is 3.46. The van der Waals surface area contributed by atoms with Crippen LogP contribution in [0.15, 0.2) is 28.7 Å². The van der Waals surface area contributed by atoms with Crippen LogP contribution in [-0.4, -0.2) is 5.91 Å². The lowest BCUT2D eigenvalue weighted by Crippen LogP contribution is -2.49. The molecule has 0 spiro atoms. The Morgan fingerprint density at radius 3 is 2.30 bits per heavy atom. The van der Waals surface area contributed by atoms with Crippen LogP contribution < -0.4 is 5.32 Å². The summed E-state index contributed by atoms with van der Waals surface area (Å²) in [6.45, 7) is 0. The summed E-state index contributed by atoms with van der Waals surface area (Å²) in [4.78, 5) is 12.7. The Morgan fingerprint density at radius 1 is 1.05 bits per heavy atom. The zero-order valence-corrected chi connectivity index (χ0v) is 13.1. The van der Waals surface area contributed by atoms with Crippen LogP contribution in [0, 0.1) is 29.6 Å². The molecule has 1 amide bonds. The highest BCUT2D eigenvalue weighted by Crippen LogP contribution is 2.56. The molecule has 3 heteroatoms. The largest absolute Gasteiger partial charge is 0.326 e. The van der Waals surface area contributed by atoms with E-state index >= 15 is 0 Å². The smallest absolute Gasteiger partial charge is 0.228 e. The maximum absolute atomic E-state index is 12.7. The third-order valence-electron chi connectivity index (χ3n) is 5.62. The van der Waals surface area contributed by atoms with Crippen LogP contribution in [0.4, 0.5) is 5.69 Å². The Morgan fingerprint density at radius 2 is 1.70 bits per heavy atom. The van der Waals surface area contributed by atoms with Crippen LogP contribution in [0.2, 0.25) is 0 Å². The minimum atomic E-state index is 0.261. The predicted octanol–water partition coefficient (Wildman–Crippen LogP) is 4.46. The fourth-order valence-electron chi connectivity index (χ4n) is 5.15. The van der Waals surface area contributed by atoms with Gasteiger partial charge in [-0.1, -0.05) is 22.0 Å². The molecule has 4 aliphatic carbocycles. The lowest BCUT2D eigenvalue weighted by atomic mass is 9.51. The van der Waals surface area contributed by atoms with Gasteiger partial charge in [-0.3, -0.25) is 4.79 Å². The zero-order chi connectivity index (χ0) is 13.7. The van der Waals surface area contributed by atoms with Crippen molar-refractivity contribution in [2.75, 3.05) is 5.32 Å². The second-order valence-corrected chi connectivity index (χ2v) is 7.87. The van der Waals surface area contributed by atoms with Gasteiger partial charge in [-0.05, 0) is 74.0 Å². The number of amides is 1. The molecule has 0 aliphatic heterocycles. The van der Waals surface area contributed by atoms with E-state index in [0.29, 0.717) is 11.8 Å². The number of anilines is 1. The van der Waals surface area contributed by atoms with Gasteiger partial charge in [0.1, 0.15) is 0 Å². The van der Waals surface area contributed by atoms with Crippen molar-refractivity contribution in [2.24, 2.45) is 29.6 Å². The molecule has 106 valence electrons. The molecule has 5 rings (SSSR count). The van der Waals surface area contributed by atoms with Crippen molar-refractivity contribution >= 4 is 27.5 Å². The fraction of sp³-hybridized carbons (Fsp3) is 0.588. The SMILES string of the molecule is O=C(Nc1cccc(Br)c1)C1C2CC3CC(C2)CC1C3. The van der Waals surface area contributed by atoms with Crippen molar-refractivity contribution in [3.8, 4) is 0 Å². The van der Waals surface area contributed by atoms with Crippen LogP contribution in [0.1, 0.15) is 32.1 Å². The van der Waals surface area contributed by atoms with Crippen LogP contribution in [0.3, 0.4) is 0 Å². The lowest BCUT2D eigenvalue weighted by molar-refractivity contribution is -0.132. The number of carbonyl (C=O) groups excluding carboxylic acids is 1. The molecule has 0 heterocycles. The Balaban J connectivity index is 1.51. The average molecular weight is 334 g/mol. The van der Waals surface area contributed by atoms with Gasteiger partial charge in [0.2, 0.25) is 5.91 Å². The average Bonchev–Trinajstić information content (AvgIpc) is 2.37. The number of hydrogen-bond donors (Lipinski definition) is 1.